The summed E-state index contributed by atoms with van der Waals surface area (Å²) in [6.07, 6.45) is 4.17. The molecule has 7 nitrogen and oxygen atoms in total. The predicted molar refractivity (Wildman–Crippen MR) is 96.3 cm³/mol. The van der Waals surface area contributed by atoms with E-state index >= 15 is 0 Å². The zero-order chi connectivity index (χ0) is 17.6. The molecule has 1 aliphatic heterocycles. The molecule has 0 spiro atoms. The maximum atomic E-state index is 12.2. The summed E-state index contributed by atoms with van der Waals surface area (Å²) in [6, 6.07) is 5.26. The molecule has 3 heterocycles. The minimum Gasteiger partial charge on any atom is -0.506 e. The molecule has 0 fully saturated rings. The Morgan fingerprint density at radius 1 is 1.32 bits per heavy atom. The van der Waals surface area contributed by atoms with Crippen LogP contribution in [-0.4, -0.2) is 31.7 Å². The number of nitrogens with one attached hydrogen (secondary N) is 3. The Balaban J connectivity index is 1.65. The third kappa shape index (κ3) is 2.96. The lowest BCUT2D eigenvalue weighted by atomic mass is 9.94. The fraction of sp³-hybridized carbons (Fsp3) is 0.235. The highest BCUT2D eigenvalue weighted by Gasteiger charge is 2.33. The van der Waals surface area contributed by atoms with Crippen molar-refractivity contribution in [3.05, 3.63) is 41.2 Å². The quantitative estimate of drug-likeness (QED) is 0.541. The van der Waals surface area contributed by atoms with Crippen molar-refractivity contribution < 1.29 is 9.90 Å². The highest BCUT2D eigenvalue weighted by molar-refractivity contribution is 7.17. The monoisotopic (exact) mass is 355 g/mol. The number of anilines is 2. The third-order valence-electron chi connectivity index (χ3n) is 4.03. The second-order valence-corrected chi connectivity index (χ2v) is 7.65. The van der Waals surface area contributed by atoms with Crippen LogP contribution in [0.3, 0.4) is 0 Å². The molecule has 0 aliphatic carbocycles. The van der Waals surface area contributed by atoms with E-state index in [1.165, 1.54) is 11.3 Å². The highest BCUT2D eigenvalue weighted by Crippen LogP contribution is 2.35. The number of phenolic OH excluding ortho intramolecular Hbond substituents is 1. The maximum Gasteiger partial charge on any atom is 0.263 e. The number of fused-ring (bicyclic) bond motifs is 1. The highest BCUT2D eigenvalue weighted by atomic mass is 32.1. The number of carbonyl (C=O) groups excluding carboxylic acids is 1. The third-order valence-corrected chi connectivity index (χ3v) is 5.05. The number of carbonyl (C=O) groups is 1. The zero-order valence-electron chi connectivity index (χ0n) is 13.8. The van der Waals surface area contributed by atoms with Crippen molar-refractivity contribution in [2.24, 2.45) is 0 Å². The fourth-order valence-electron chi connectivity index (χ4n) is 2.87. The number of nitrogens with zero attached hydrogens (tertiary/aromatic N) is 2. The van der Waals surface area contributed by atoms with Gasteiger partial charge in [-0.2, -0.15) is 5.10 Å². The summed E-state index contributed by atoms with van der Waals surface area (Å²) in [7, 11) is 0. The van der Waals surface area contributed by atoms with Crippen LogP contribution in [0.2, 0.25) is 0 Å². The van der Waals surface area contributed by atoms with Gasteiger partial charge in [-0.3, -0.25) is 9.89 Å². The van der Waals surface area contributed by atoms with Crippen LogP contribution in [0, 0.1) is 0 Å². The molecule has 1 aliphatic rings. The normalized spacial score (nSPS) is 15.5. The van der Waals surface area contributed by atoms with Gasteiger partial charge >= 0.3 is 0 Å². The van der Waals surface area contributed by atoms with Crippen molar-refractivity contribution in [2.45, 2.75) is 25.8 Å². The molecule has 0 bridgehead atoms. The Labute approximate surface area is 148 Å². The van der Waals surface area contributed by atoms with E-state index < -0.39 is 0 Å². The minimum absolute atomic E-state index is 0.104. The van der Waals surface area contributed by atoms with Crippen LogP contribution in [-0.2, 0) is 6.42 Å². The number of phenols is 1. The molecule has 1 amide bonds. The standard InChI is InChI=1S/C17H17N5O2S/c1-17(2)6-12-14(15(24)22-17)25-16(21-12)20-11-5-9(3-4-13(11)23)10-7-18-19-8-10/h3-5,7-8,23H,6H2,1-2H3,(H,18,19)(H,20,21)(H,22,24). The lowest BCUT2D eigenvalue weighted by Gasteiger charge is -2.29. The molecule has 4 rings (SSSR count). The molecule has 0 unspecified atom stereocenters. The van der Waals surface area contributed by atoms with Gasteiger partial charge in [-0.15, -0.1) is 0 Å². The lowest BCUT2D eigenvalue weighted by Crippen LogP contribution is -2.48. The molecule has 0 atom stereocenters. The minimum atomic E-state index is -0.307. The van der Waals surface area contributed by atoms with Crippen LogP contribution in [0.1, 0.15) is 29.2 Å². The Kier molecular flexibility index (Phi) is 3.50. The van der Waals surface area contributed by atoms with Crippen molar-refractivity contribution in [1.82, 2.24) is 20.5 Å². The van der Waals surface area contributed by atoms with Crippen molar-refractivity contribution >= 4 is 28.1 Å². The second kappa shape index (κ2) is 5.59. The van der Waals surface area contributed by atoms with Crippen LogP contribution >= 0.6 is 11.3 Å². The van der Waals surface area contributed by atoms with Gasteiger partial charge in [0.1, 0.15) is 10.6 Å². The number of aromatic amines is 1. The average Bonchev–Trinajstić information content (AvgIpc) is 3.18. The zero-order valence-corrected chi connectivity index (χ0v) is 14.6. The van der Waals surface area contributed by atoms with Gasteiger partial charge in [0.25, 0.3) is 5.91 Å². The van der Waals surface area contributed by atoms with Crippen molar-refractivity contribution in [1.29, 1.82) is 0 Å². The van der Waals surface area contributed by atoms with Crippen molar-refractivity contribution in [2.75, 3.05) is 5.32 Å². The summed E-state index contributed by atoms with van der Waals surface area (Å²) in [5.41, 5.74) is 2.84. The van der Waals surface area contributed by atoms with Gasteiger partial charge in [0.05, 0.1) is 17.6 Å². The molecule has 0 radical (unpaired) electrons. The van der Waals surface area contributed by atoms with Crippen LogP contribution in [0.25, 0.3) is 11.1 Å². The Morgan fingerprint density at radius 3 is 2.92 bits per heavy atom. The molecule has 3 aromatic rings. The molecular formula is C17H17N5O2S. The fourth-order valence-corrected chi connectivity index (χ4v) is 3.76. The Morgan fingerprint density at radius 2 is 2.16 bits per heavy atom. The van der Waals surface area contributed by atoms with E-state index in [1.54, 1.807) is 18.5 Å². The molecule has 2 aromatic heterocycles. The summed E-state index contributed by atoms with van der Waals surface area (Å²) in [5, 5.41) is 23.5. The molecule has 8 heteroatoms. The van der Waals surface area contributed by atoms with E-state index in [2.05, 4.69) is 25.8 Å². The number of amides is 1. The molecule has 1 aromatic carbocycles. The molecule has 25 heavy (non-hydrogen) atoms. The summed E-state index contributed by atoms with van der Waals surface area (Å²) in [6.45, 7) is 3.95. The van der Waals surface area contributed by atoms with E-state index in [1.807, 2.05) is 26.0 Å². The number of thiazole rings is 1. The lowest BCUT2D eigenvalue weighted by molar-refractivity contribution is 0.0901. The summed E-state index contributed by atoms with van der Waals surface area (Å²) < 4.78 is 0. The molecule has 128 valence electrons. The van der Waals surface area contributed by atoms with Crippen LogP contribution in [0.4, 0.5) is 10.8 Å². The van der Waals surface area contributed by atoms with E-state index in [0.29, 0.717) is 22.1 Å². The summed E-state index contributed by atoms with van der Waals surface area (Å²) in [5.74, 6) is 0.0124. The molecule has 0 saturated heterocycles. The molecule has 4 N–H and O–H groups in total. The smallest absolute Gasteiger partial charge is 0.263 e. The molecular weight excluding hydrogens is 338 g/mol. The van der Waals surface area contributed by atoms with Crippen LogP contribution in [0.15, 0.2) is 30.6 Å². The van der Waals surface area contributed by atoms with Gasteiger partial charge < -0.3 is 15.7 Å². The van der Waals surface area contributed by atoms with Crippen LogP contribution in [0.5, 0.6) is 5.75 Å². The van der Waals surface area contributed by atoms with E-state index in [4.69, 9.17) is 0 Å². The van der Waals surface area contributed by atoms with Crippen molar-refractivity contribution in [3.63, 3.8) is 0 Å². The number of hydrogen-bond acceptors (Lipinski definition) is 6. The predicted octanol–water partition coefficient (Wildman–Crippen LogP) is 3.05. The van der Waals surface area contributed by atoms with Crippen molar-refractivity contribution in [3.8, 4) is 16.9 Å². The van der Waals surface area contributed by atoms with Gasteiger partial charge in [0.15, 0.2) is 5.13 Å². The maximum absolute atomic E-state index is 12.2. The number of H-pyrrole nitrogens is 1. The van der Waals surface area contributed by atoms with E-state index in [9.17, 15) is 9.90 Å². The van der Waals surface area contributed by atoms with Gasteiger partial charge in [0, 0.05) is 23.7 Å². The van der Waals surface area contributed by atoms with Gasteiger partial charge in [-0.25, -0.2) is 4.98 Å². The van der Waals surface area contributed by atoms with Crippen LogP contribution < -0.4 is 10.6 Å². The Bertz CT molecular complexity index is 946. The number of aromatic hydroxyl groups is 1. The summed E-state index contributed by atoms with van der Waals surface area (Å²) in [4.78, 5) is 17.4. The first kappa shape index (κ1) is 15.6. The van der Waals surface area contributed by atoms with Gasteiger partial charge in [0.2, 0.25) is 0 Å². The van der Waals surface area contributed by atoms with E-state index in [-0.39, 0.29) is 17.2 Å². The number of hydrogen-bond donors (Lipinski definition) is 4. The Hall–Kier alpha value is -2.87. The average molecular weight is 355 g/mol. The number of aromatic nitrogens is 3. The first-order chi connectivity index (χ1) is 11.9. The topological polar surface area (TPSA) is 103 Å². The first-order valence-electron chi connectivity index (χ1n) is 7.83. The van der Waals surface area contributed by atoms with Gasteiger partial charge in [-0.1, -0.05) is 17.4 Å². The summed E-state index contributed by atoms with van der Waals surface area (Å²) >= 11 is 1.29. The number of benzene rings is 1. The second-order valence-electron chi connectivity index (χ2n) is 6.65. The van der Waals surface area contributed by atoms with E-state index in [0.717, 1.165) is 16.8 Å². The largest absolute Gasteiger partial charge is 0.506 e. The SMILES string of the molecule is CC1(C)Cc2nc(Nc3cc(-c4cn[nH]c4)ccc3O)sc2C(=O)N1. The molecule has 0 saturated carbocycles. The number of rotatable bonds is 3. The first-order valence-corrected chi connectivity index (χ1v) is 8.64. The van der Waals surface area contributed by atoms with Gasteiger partial charge in [-0.05, 0) is 31.5 Å².